The van der Waals surface area contributed by atoms with Gasteiger partial charge in [-0.25, -0.2) is 4.39 Å². The minimum atomic E-state index is -0.408. The highest BCUT2D eigenvalue weighted by molar-refractivity contribution is 5.48. The van der Waals surface area contributed by atoms with Crippen molar-refractivity contribution in [2.24, 2.45) is 11.3 Å². The molecule has 3 fully saturated rings. The number of para-hydroxylation sites is 1. The fourth-order valence-electron chi connectivity index (χ4n) is 6.06. The van der Waals surface area contributed by atoms with E-state index in [1.54, 1.807) is 6.07 Å². The average Bonchev–Trinajstić information content (AvgIpc) is 3.30. The van der Waals surface area contributed by atoms with Crippen LogP contribution in [-0.2, 0) is 0 Å². The number of likely N-dealkylation sites (tertiary alicyclic amines) is 1. The molecular formula is C24H29FN2O2. The van der Waals surface area contributed by atoms with Crippen molar-refractivity contribution in [3.63, 3.8) is 0 Å². The molecular weight excluding hydrogens is 367 g/mol. The Morgan fingerprint density at radius 3 is 2.38 bits per heavy atom. The van der Waals surface area contributed by atoms with Crippen molar-refractivity contribution in [1.82, 2.24) is 4.90 Å². The number of piperidine rings is 1. The average molecular weight is 397 g/mol. The van der Waals surface area contributed by atoms with E-state index >= 15 is 0 Å². The van der Waals surface area contributed by atoms with E-state index in [4.69, 9.17) is 0 Å². The maximum Gasteiger partial charge on any atom is 0.146 e. The van der Waals surface area contributed by atoms with Crippen LogP contribution in [0.2, 0.25) is 0 Å². The van der Waals surface area contributed by atoms with Crippen LogP contribution in [0.15, 0.2) is 54.6 Å². The summed E-state index contributed by atoms with van der Waals surface area (Å²) in [6, 6.07) is 17.7. The van der Waals surface area contributed by atoms with Gasteiger partial charge in [0.05, 0.1) is 11.8 Å². The number of rotatable bonds is 4. The summed E-state index contributed by atoms with van der Waals surface area (Å²) in [7, 11) is 0. The molecule has 29 heavy (non-hydrogen) atoms. The molecule has 2 heterocycles. The lowest BCUT2D eigenvalue weighted by atomic mass is 9.95. The third-order valence-electron chi connectivity index (χ3n) is 7.60. The van der Waals surface area contributed by atoms with Crippen molar-refractivity contribution in [3.05, 3.63) is 66.0 Å². The summed E-state index contributed by atoms with van der Waals surface area (Å²) in [5.74, 6) is 0.201. The zero-order valence-corrected chi connectivity index (χ0v) is 16.6. The molecule has 4 atom stereocenters. The van der Waals surface area contributed by atoms with Gasteiger partial charge in [0.25, 0.3) is 0 Å². The van der Waals surface area contributed by atoms with Gasteiger partial charge in [0.15, 0.2) is 0 Å². The Bertz CT molecular complexity index is 855. The van der Waals surface area contributed by atoms with E-state index in [-0.39, 0.29) is 29.7 Å². The first kappa shape index (κ1) is 19.0. The molecule has 0 radical (unpaired) electrons. The number of β-amino-alcohol motifs (C(OH)–C–C–N with tert-alkyl or cyclic N) is 1. The molecule has 0 amide bonds. The number of nitrogens with zero attached hydrogens (tertiary/aromatic N) is 2. The summed E-state index contributed by atoms with van der Waals surface area (Å²) in [6.45, 7) is 3.29. The Morgan fingerprint density at radius 1 is 1.00 bits per heavy atom. The van der Waals surface area contributed by atoms with Gasteiger partial charge in [-0.2, -0.15) is 0 Å². The number of hydrogen-bond donors (Lipinski definition) is 2. The quantitative estimate of drug-likeness (QED) is 0.834. The summed E-state index contributed by atoms with van der Waals surface area (Å²) in [5, 5.41) is 21.0. The summed E-state index contributed by atoms with van der Waals surface area (Å²) in [5.41, 5.74) is 1.69. The molecule has 1 saturated carbocycles. The van der Waals surface area contributed by atoms with Crippen molar-refractivity contribution >= 4 is 5.69 Å². The number of aliphatic hydroxyl groups excluding tert-OH is 2. The fraction of sp³-hybridized carbons (Fsp3) is 0.500. The number of hydrogen-bond acceptors (Lipinski definition) is 4. The molecule has 0 bridgehead atoms. The minimum absolute atomic E-state index is 0.121. The van der Waals surface area contributed by atoms with Gasteiger partial charge in [-0.3, -0.25) is 4.90 Å². The van der Waals surface area contributed by atoms with Crippen LogP contribution in [-0.4, -0.2) is 60.0 Å². The van der Waals surface area contributed by atoms with E-state index in [9.17, 15) is 14.6 Å². The SMILES string of the molecule is OC[C@@H]1[C@@H](c2ccccc2)[C@]12CN(C1CCN(c3ccccc3F)CC1)C[C@H]2O. The van der Waals surface area contributed by atoms with Gasteiger partial charge in [0, 0.05) is 44.2 Å². The lowest BCUT2D eigenvalue weighted by Crippen LogP contribution is -2.44. The van der Waals surface area contributed by atoms with Crippen molar-refractivity contribution in [3.8, 4) is 0 Å². The molecule has 2 saturated heterocycles. The van der Waals surface area contributed by atoms with E-state index in [1.807, 2.05) is 30.3 Å². The van der Waals surface area contributed by atoms with Crippen LogP contribution in [0.4, 0.5) is 10.1 Å². The Morgan fingerprint density at radius 2 is 1.69 bits per heavy atom. The molecule has 1 spiro atoms. The number of anilines is 1. The van der Waals surface area contributed by atoms with Gasteiger partial charge >= 0.3 is 0 Å². The normalized spacial score (nSPS) is 32.8. The minimum Gasteiger partial charge on any atom is -0.396 e. The molecule has 2 aliphatic heterocycles. The van der Waals surface area contributed by atoms with Crippen LogP contribution < -0.4 is 4.90 Å². The summed E-state index contributed by atoms with van der Waals surface area (Å²) in [4.78, 5) is 4.56. The summed E-state index contributed by atoms with van der Waals surface area (Å²) < 4.78 is 14.1. The van der Waals surface area contributed by atoms with Gasteiger partial charge in [0.2, 0.25) is 0 Å². The van der Waals surface area contributed by atoms with Gasteiger partial charge in [-0.1, -0.05) is 42.5 Å². The maximum atomic E-state index is 14.1. The molecule has 154 valence electrons. The van der Waals surface area contributed by atoms with E-state index in [2.05, 4.69) is 21.9 Å². The van der Waals surface area contributed by atoms with Crippen LogP contribution >= 0.6 is 0 Å². The summed E-state index contributed by atoms with van der Waals surface area (Å²) >= 11 is 0. The van der Waals surface area contributed by atoms with Crippen LogP contribution in [0.3, 0.4) is 0 Å². The standard InChI is InChI=1S/C24H29FN2O2/c25-20-8-4-5-9-21(20)26-12-10-18(11-13-26)27-14-22(29)24(16-27)19(15-28)23(24)17-6-2-1-3-7-17/h1-9,18-19,22-23,28-29H,10-16H2/t19-,22-,23-,24-/m1/s1. The van der Waals surface area contributed by atoms with Crippen molar-refractivity contribution in [2.45, 2.75) is 30.9 Å². The van der Waals surface area contributed by atoms with E-state index in [0.717, 1.165) is 32.5 Å². The Kier molecular flexibility index (Phi) is 4.85. The predicted octanol–water partition coefficient (Wildman–Crippen LogP) is 2.86. The first-order chi connectivity index (χ1) is 14.1. The van der Waals surface area contributed by atoms with Gasteiger partial charge in [-0.05, 0) is 42.4 Å². The molecule has 1 aliphatic carbocycles. The second-order valence-electron chi connectivity index (χ2n) is 8.90. The predicted molar refractivity (Wildman–Crippen MR) is 111 cm³/mol. The highest BCUT2D eigenvalue weighted by Crippen LogP contribution is 2.69. The number of benzene rings is 2. The molecule has 2 N–H and O–H groups in total. The second-order valence-corrected chi connectivity index (χ2v) is 8.90. The Labute approximate surface area is 171 Å². The third-order valence-corrected chi connectivity index (χ3v) is 7.60. The van der Waals surface area contributed by atoms with Gasteiger partial charge in [-0.15, -0.1) is 0 Å². The topological polar surface area (TPSA) is 46.9 Å². The van der Waals surface area contributed by atoms with Crippen molar-refractivity contribution in [2.75, 3.05) is 37.7 Å². The molecule has 0 unspecified atom stereocenters. The second kappa shape index (κ2) is 7.38. The van der Waals surface area contributed by atoms with Gasteiger partial charge in [0.1, 0.15) is 5.82 Å². The summed E-state index contributed by atoms with van der Waals surface area (Å²) in [6.07, 6.45) is 1.53. The van der Waals surface area contributed by atoms with E-state index in [1.165, 1.54) is 11.6 Å². The monoisotopic (exact) mass is 396 g/mol. The first-order valence-electron chi connectivity index (χ1n) is 10.7. The molecule has 3 aliphatic rings. The third kappa shape index (κ3) is 3.07. The molecule has 5 heteroatoms. The number of halogens is 1. The van der Waals surface area contributed by atoms with Crippen molar-refractivity contribution in [1.29, 1.82) is 0 Å². The molecule has 4 nitrogen and oxygen atoms in total. The first-order valence-corrected chi connectivity index (χ1v) is 10.7. The highest BCUT2D eigenvalue weighted by atomic mass is 19.1. The lowest BCUT2D eigenvalue weighted by Gasteiger charge is -2.38. The Balaban J connectivity index is 1.27. The molecule has 5 rings (SSSR count). The van der Waals surface area contributed by atoms with Crippen LogP contribution in [0.5, 0.6) is 0 Å². The number of aliphatic hydroxyl groups is 2. The molecule has 0 aromatic heterocycles. The van der Waals surface area contributed by atoms with Crippen molar-refractivity contribution < 1.29 is 14.6 Å². The van der Waals surface area contributed by atoms with E-state index in [0.29, 0.717) is 18.3 Å². The van der Waals surface area contributed by atoms with Crippen LogP contribution in [0.1, 0.15) is 24.3 Å². The molecule has 2 aromatic rings. The zero-order chi connectivity index (χ0) is 20.0. The van der Waals surface area contributed by atoms with E-state index < -0.39 is 6.10 Å². The lowest BCUT2D eigenvalue weighted by molar-refractivity contribution is 0.109. The van der Waals surface area contributed by atoms with Gasteiger partial charge < -0.3 is 15.1 Å². The zero-order valence-electron chi connectivity index (χ0n) is 16.6. The molecule has 2 aromatic carbocycles. The smallest absolute Gasteiger partial charge is 0.146 e. The van der Waals surface area contributed by atoms with Crippen LogP contribution in [0.25, 0.3) is 0 Å². The largest absolute Gasteiger partial charge is 0.396 e. The highest BCUT2D eigenvalue weighted by Gasteiger charge is 2.71. The Hall–Kier alpha value is -1.95. The fourth-order valence-corrected chi connectivity index (χ4v) is 6.06. The van der Waals surface area contributed by atoms with Crippen LogP contribution in [0, 0.1) is 17.2 Å². The maximum absolute atomic E-state index is 14.1.